The molecule has 0 saturated carbocycles. The Kier molecular flexibility index (Phi) is 1.57. The van der Waals surface area contributed by atoms with Crippen LogP contribution in [0.15, 0.2) is 18.2 Å². The van der Waals surface area contributed by atoms with Crippen LogP contribution in [0.3, 0.4) is 0 Å². The Hall–Kier alpha value is -1.38. The molecule has 3 nitrogen and oxygen atoms in total. The van der Waals surface area contributed by atoms with Gasteiger partial charge in [-0.3, -0.25) is 0 Å². The van der Waals surface area contributed by atoms with E-state index in [1.54, 1.807) is 0 Å². The summed E-state index contributed by atoms with van der Waals surface area (Å²) in [6.45, 7) is 1.65. The molecule has 1 aliphatic heterocycles. The largest absolute Gasteiger partial charge is 0.487 e. The van der Waals surface area contributed by atoms with Crippen molar-refractivity contribution in [2.45, 2.75) is 0 Å². The molecule has 2 rings (SSSR count). The van der Waals surface area contributed by atoms with E-state index in [4.69, 9.17) is 10.5 Å². The van der Waals surface area contributed by atoms with Crippen molar-refractivity contribution in [1.29, 1.82) is 0 Å². The Morgan fingerprint density at radius 2 is 2.33 bits per heavy atom. The summed E-state index contributed by atoms with van der Waals surface area (Å²) < 4.78 is 5.46. The standard InChI is InChI=1S/C9H12N2O/c1-11-5-6-12-9-7(10)3-2-4-8(9)11/h2-4H,5-6,10H2,1H3. The van der Waals surface area contributed by atoms with Crippen LogP contribution in [-0.4, -0.2) is 20.2 Å². The molecule has 0 bridgehead atoms. The minimum Gasteiger partial charge on any atom is -0.487 e. The van der Waals surface area contributed by atoms with E-state index in [1.807, 2.05) is 25.2 Å². The van der Waals surface area contributed by atoms with Gasteiger partial charge >= 0.3 is 0 Å². The van der Waals surface area contributed by atoms with Crippen molar-refractivity contribution >= 4 is 11.4 Å². The maximum atomic E-state index is 5.75. The zero-order valence-electron chi connectivity index (χ0n) is 7.08. The van der Waals surface area contributed by atoms with E-state index in [-0.39, 0.29) is 0 Å². The summed E-state index contributed by atoms with van der Waals surface area (Å²) >= 11 is 0. The highest BCUT2D eigenvalue weighted by Crippen LogP contribution is 2.35. The number of nitrogens with two attached hydrogens (primary N) is 1. The minimum absolute atomic E-state index is 0.720. The van der Waals surface area contributed by atoms with E-state index in [2.05, 4.69) is 4.90 Å². The molecule has 1 heterocycles. The summed E-state index contributed by atoms with van der Waals surface area (Å²) in [6, 6.07) is 5.82. The summed E-state index contributed by atoms with van der Waals surface area (Å²) in [5.74, 6) is 0.825. The van der Waals surface area contributed by atoms with Gasteiger partial charge < -0.3 is 15.4 Å². The molecule has 0 saturated heterocycles. The Balaban J connectivity index is 2.52. The van der Waals surface area contributed by atoms with Crippen LogP contribution >= 0.6 is 0 Å². The van der Waals surface area contributed by atoms with E-state index in [0.717, 1.165) is 30.3 Å². The minimum atomic E-state index is 0.720. The first-order chi connectivity index (χ1) is 5.79. The van der Waals surface area contributed by atoms with E-state index < -0.39 is 0 Å². The van der Waals surface area contributed by atoms with Crippen LogP contribution < -0.4 is 15.4 Å². The molecule has 0 spiro atoms. The van der Waals surface area contributed by atoms with Gasteiger partial charge in [0, 0.05) is 7.05 Å². The fourth-order valence-electron chi connectivity index (χ4n) is 1.41. The zero-order valence-corrected chi connectivity index (χ0v) is 7.08. The van der Waals surface area contributed by atoms with Gasteiger partial charge in [-0.25, -0.2) is 0 Å². The molecule has 0 amide bonds. The molecular formula is C9H12N2O. The number of ether oxygens (including phenoxy) is 1. The monoisotopic (exact) mass is 164 g/mol. The second kappa shape index (κ2) is 2.59. The molecule has 1 aromatic carbocycles. The van der Waals surface area contributed by atoms with Gasteiger partial charge in [-0.05, 0) is 12.1 Å². The van der Waals surface area contributed by atoms with Crippen LogP contribution in [0.5, 0.6) is 5.75 Å². The number of rotatable bonds is 0. The highest BCUT2D eigenvalue weighted by molar-refractivity contribution is 5.70. The third kappa shape index (κ3) is 0.978. The third-order valence-corrected chi connectivity index (χ3v) is 2.11. The van der Waals surface area contributed by atoms with Crippen molar-refractivity contribution in [1.82, 2.24) is 0 Å². The topological polar surface area (TPSA) is 38.5 Å². The number of benzene rings is 1. The first kappa shape index (κ1) is 7.28. The maximum absolute atomic E-state index is 5.75. The van der Waals surface area contributed by atoms with Gasteiger partial charge in [-0.15, -0.1) is 0 Å². The lowest BCUT2D eigenvalue weighted by atomic mass is 10.2. The zero-order chi connectivity index (χ0) is 8.55. The van der Waals surface area contributed by atoms with Crippen LogP contribution in [0.4, 0.5) is 11.4 Å². The lowest BCUT2D eigenvalue weighted by Gasteiger charge is -2.28. The molecule has 1 aliphatic rings. The third-order valence-electron chi connectivity index (χ3n) is 2.11. The van der Waals surface area contributed by atoms with Crippen molar-refractivity contribution in [2.24, 2.45) is 0 Å². The van der Waals surface area contributed by atoms with E-state index in [1.165, 1.54) is 0 Å². The quantitative estimate of drug-likeness (QED) is 0.583. The summed E-state index contributed by atoms with van der Waals surface area (Å²) in [5.41, 5.74) is 7.56. The smallest absolute Gasteiger partial charge is 0.165 e. The van der Waals surface area contributed by atoms with Crippen molar-refractivity contribution in [2.75, 3.05) is 30.8 Å². The molecule has 64 valence electrons. The van der Waals surface area contributed by atoms with Gasteiger partial charge in [0.25, 0.3) is 0 Å². The summed E-state index contributed by atoms with van der Waals surface area (Å²) in [7, 11) is 2.04. The molecular weight excluding hydrogens is 152 g/mol. The van der Waals surface area contributed by atoms with Gasteiger partial charge in [0.1, 0.15) is 6.61 Å². The van der Waals surface area contributed by atoms with E-state index >= 15 is 0 Å². The predicted octanol–water partition coefficient (Wildman–Crippen LogP) is 1.10. The van der Waals surface area contributed by atoms with E-state index in [9.17, 15) is 0 Å². The fourth-order valence-corrected chi connectivity index (χ4v) is 1.41. The van der Waals surface area contributed by atoms with Crippen LogP contribution in [0.1, 0.15) is 0 Å². The number of nitrogen functional groups attached to an aromatic ring is 1. The molecule has 2 N–H and O–H groups in total. The second-order valence-corrected chi connectivity index (χ2v) is 2.97. The Morgan fingerprint density at radius 1 is 1.50 bits per heavy atom. The molecule has 0 unspecified atom stereocenters. The molecule has 0 radical (unpaired) electrons. The van der Waals surface area contributed by atoms with Crippen molar-refractivity contribution in [3.05, 3.63) is 18.2 Å². The Morgan fingerprint density at radius 3 is 3.08 bits per heavy atom. The average Bonchev–Trinajstić information content (AvgIpc) is 2.07. The summed E-state index contributed by atoms with van der Waals surface area (Å²) in [4.78, 5) is 2.15. The Labute approximate surface area is 71.7 Å². The molecule has 0 fully saturated rings. The van der Waals surface area contributed by atoms with E-state index in [0.29, 0.717) is 0 Å². The molecule has 0 aliphatic carbocycles. The normalized spacial score (nSPS) is 15.2. The van der Waals surface area contributed by atoms with Crippen molar-refractivity contribution in [3.8, 4) is 5.75 Å². The lowest BCUT2D eigenvalue weighted by Crippen LogP contribution is -2.29. The van der Waals surface area contributed by atoms with Crippen LogP contribution in [0, 0.1) is 0 Å². The second-order valence-electron chi connectivity index (χ2n) is 2.97. The van der Waals surface area contributed by atoms with Gasteiger partial charge in [0.05, 0.1) is 17.9 Å². The predicted molar refractivity (Wildman–Crippen MR) is 49.6 cm³/mol. The fraction of sp³-hybridized carbons (Fsp3) is 0.333. The number of hydrogen-bond acceptors (Lipinski definition) is 3. The van der Waals surface area contributed by atoms with Crippen molar-refractivity contribution < 1.29 is 4.74 Å². The number of anilines is 2. The molecule has 3 heteroatoms. The van der Waals surface area contributed by atoms with Crippen LogP contribution in [0.2, 0.25) is 0 Å². The summed E-state index contributed by atoms with van der Waals surface area (Å²) in [5, 5.41) is 0. The van der Waals surface area contributed by atoms with Gasteiger partial charge in [0.2, 0.25) is 0 Å². The molecule has 12 heavy (non-hydrogen) atoms. The van der Waals surface area contributed by atoms with Crippen LogP contribution in [0.25, 0.3) is 0 Å². The summed E-state index contributed by atoms with van der Waals surface area (Å²) in [6.07, 6.45) is 0. The highest BCUT2D eigenvalue weighted by Gasteiger charge is 2.15. The Bertz CT molecular complexity index is 299. The molecule has 0 aromatic heterocycles. The molecule has 1 aromatic rings. The number of likely N-dealkylation sites (N-methyl/N-ethyl adjacent to an activating group) is 1. The first-order valence-electron chi connectivity index (χ1n) is 4.01. The molecule has 0 atom stereocenters. The number of hydrogen-bond donors (Lipinski definition) is 1. The van der Waals surface area contributed by atoms with Gasteiger partial charge in [-0.1, -0.05) is 6.07 Å². The lowest BCUT2D eigenvalue weighted by molar-refractivity contribution is 0.313. The first-order valence-corrected chi connectivity index (χ1v) is 4.01. The average molecular weight is 164 g/mol. The number of nitrogens with zero attached hydrogens (tertiary/aromatic N) is 1. The highest BCUT2D eigenvalue weighted by atomic mass is 16.5. The SMILES string of the molecule is CN1CCOc2c(N)cccc21. The van der Waals surface area contributed by atoms with Crippen molar-refractivity contribution in [3.63, 3.8) is 0 Å². The number of fused-ring (bicyclic) bond motifs is 1. The van der Waals surface area contributed by atoms with Crippen LogP contribution in [-0.2, 0) is 0 Å². The van der Waals surface area contributed by atoms with Gasteiger partial charge in [0.15, 0.2) is 5.75 Å². The van der Waals surface area contributed by atoms with Gasteiger partial charge in [-0.2, -0.15) is 0 Å². The maximum Gasteiger partial charge on any atom is 0.165 e. The number of para-hydroxylation sites is 1.